The number of furan rings is 1. The van der Waals surface area contributed by atoms with Gasteiger partial charge in [0.05, 0.1) is 11.8 Å². The number of hydrogen-bond donors (Lipinski definition) is 0. The summed E-state index contributed by atoms with van der Waals surface area (Å²) >= 11 is 6.20. The molecule has 17 heavy (non-hydrogen) atoms. The number of halogens is 1. The summed E-state index contributed by atoms with van der Waals surface area (Å²) < 4.78 is 5.27. The van der Waals surface area contributed by atoms with E-state index in [9.17, 15) is 5.26 Å². The third-order valence-electron chi connectivity index (χ3n) is 2.36. The van der Waals surface area contributed by atoms with Gasteiger partial charge in [0.15, 0.2) is 0 Å². The molecule has 0 aliphatic rings. The molecule has 4 heteroatoms. The van der Waals surface area contributed by atoms with Gasteiger partial charge in [-0.15, -0.1) is 0 Å². The summed E-state index contributed by atoms with van der Waals surface area (Å²) in [5.41, 5.74) is 2.01. The summed E-state index contributed by atoms with van der Waals surface area (Å²) in [6, 6.07) is 7.37. The number of pyridine rings is 1. The van der Waals surface area contributed by atoms with E-state index in [0.29, 0.717) is 16.4 Å². The number of aryl methyl sites for hydroxylation is 1. The highest BCUT2D eigenvalue weighted by atomic mass is 35.5. The summed E-state index contributed by atoms with van der Waals surface area (Å²) in [4.78, 5) is 3.90. The molecule has 0 aromatic carbocycles. The monoisotopic (exact) mass is 244 g/mol. The van der Waals surface area contributed by atoms with Crippen molar-refractivity contribution in [3.8, 4) is 6.07 Å². The third-order valence-corrected chi connectivity index (χ3v) is 2.72. The topological polar surface area (TPSA) is 49.8 Å². The molecule has 0 bridgehead atoms. The van der Waals surface area contributed by atoms with Crippen LogP contribution < -0.4 is 0 Å². The van der Waals surface area contributed by atoms with Crippen LogP contribution in [0.5, 0.6) is 0 Å². The molecular formula is C13H9ClN2O. The van der Waals surface area contributed by atoms with Crippen LogP contribution in [-0.4, -0.2) is 4.98 Å². The maximum absolute atomic E-state index is 9.19. The van der Waals surface area contributed by atoms with Gasteiger partial charge in [-0.2, -0.15) is 5.26 Å². The van der Waals surface area contributed by atoms with Gasteiger partial charge in [-0.1, -0.05) is 11.6 Å². The van der Waals surface area contributed by atoms with Crippen LogP contribution in [0.3, 0.4) is 0 Å². The molecule has 0 unspecified atom stereocenters. The summed E-state index contributed by atoms with van der Waals surface area (Å²) in [6.45, 7) is 1.88. The van der Waals surface area contributed by atoms with E-state index in [1.165, 1.54) is 0 Å². The normalized spacial score (nSPS) is 11.8. The number of hydrogen-bond acceptors (Lipinski definition) is 3. The van der Waals surface area contributed by atoms with Gasteiger partial charge in [-0.25, -0.2) is 0 Å². The first-order valence-electron chi connectivity index (χ1n) is 4.98. The average molecular weight is 245 g/mol. The smallest absolute Gasteiger partial charge is 0.149 e. The van der Waals surface area contributed by atoms with Crippen molar-refractivity contribution in [1.29, 1.82) is 5.26 Å². The first kappa shape index (κ1) is 11.4. The highest BCUT2D eigenvalue weighted by molar-refractivity contribution is 6.53. The third kappa shape index (κ3) is 2.22. The van der Waals surface area contributed by atoms with Crippen molar-refractivity contribution in [2.24, 2.45) is 0 Å². The number of allylic oxidation sites excluding steroid dienone is 1. The van der Waals surface area contributed by atoms with Gasteiger partial charge >= 0.3 is 0 Å². The van der Waals surface area contributed by atoms with E-state index in [4.69, 9.17) is 16.0 Å². The molecule has 84 valence electrons. The predicted molar refractivity (Wildman–Crippen MR) is 66.0 cm³/mol. The van der Waals surface area contributed by atoms with E-state index in [1.54, 1.807) is 36.9 Å². The number of aromatic nitrogens is 1. The van der Waals surface area contributed by atoms with Crippen molar-refractivity contribution >= 4 is 22.2 Å². The molecule has 2 aromatic heterocycles. The Bertz CT molecular complexity index is 593. The fraction of sp³-hybridized carbons (Fsp3) is 0.0769. The second-order valence-electron chi connectivity index (χ2n) is 3.47. The zero-order valence-corrected chi connectivity index (χ0v) is 9.90. The van der Waals surface area contributed by atoms with Gasteiger partial charge in [0.1, 0.15) is 16.9 Å². The molecule has 2 rings (SSSR count). The largest absolute Gasteiger partial charge is 0.463 e. The molecule has 0 radical (unpaired) electrons. The molecule has 0 aliphatic carbocycles. The van der Waals surface area contributed by atoms with E-state index in [1.807, 2.05) is 6.92 Å². The van der Waals surface area contributed by atoms with Gasteiger partial charge in [-0.05, 0) is 36.2 Å². The van der Waals surface area contributed by atoms with Gasteiger partial charge in [-0.3, -0.25) is 4.98 Å². The molecule has 3 nitrogen and oxygen atoms in total. The predicted octanol–water partition coefficient (Wildman–Crippen LogP) is 3.61. The van der Waals surface area contributed by atoms with Crippen LogP contribution in [0.1, 0.15) is 16.9 Å². The van der Waals surface area contributed by atoms with E-state index < -0.39 is 0 Å². The molecule has 2 heterocycles. The molecule has 0 spiro atoms. The first-order chi connectivity index (χ1) is 8.24. The second-order valence-corrected chi connectivity index (χ2v) is 3.85. The maximum atomic E-state index is 9.19. The Morgan fingerprint density at radius 3 is 2.59 bits per heavy atom. The van der Waals surface area contributed by atoms with Gasteiger partial charge in [0.25, 0.3) is 0 Å². The minimum atomic E-state index is 0.321. The molecule has 0 aliphatic heterocycles. The Balaban J connectivity index is 2.57. The van der Waals surface area contributed by atoms with Crippen molar-refractivity contribution in [2.75, 3.05) is 0 Å². The van der Waals surface area contributed by atoms with E-state index in [-0.39, 0.29) is 0 Å². The summed E-state index contributed by atoms with van der Waals surface area (Å²) in [5, 5.41) is 9.51. The van der Waals surface area contributed by atoms with Crippen LogP contribution in [0, 0.1) is 18.3 Å². The lowest BCUT2D eigenvalue weighted by Crippen LogP contribution is -1.86. The highest BCUT2D eigenvalue weighted by Gasteiger charge is 2.13. The van der Waals surface area contributed by atoms with Crippen LogP contribution in [0.25, 0.3) is 10.6 Å². The van der Waals surface area contributed by atoms with E-state index in [0.717, 1.165) is 11.1 Å². The van der Waals surface area contributed by atoms with Crippen LogP contribution in [0.15, 0.2) is 41.3 Å². The SMILES string of the molecule is Cc1ccoc1/C(Cl)=C(/C#N)c1ccncc1. The van der Waals surface area contributed by atoms with Gasteiger partial charge in [0, 0.05) is 12.4 Å². The van der Waals surface area contributed by atoms with E-state index in [2.05, 4.69) is 11.1 Å². The molecular weight excluding hydrogens is 236 g/mol. The highest BCUT2D eigenvalue weighted by Crippen LogP contribution is 2.31. The molecule has 0 amide bonds. The summed E-state index contributed by atoms with van der Waals surface area (Å²) in [6.07, 6.45) is 4.78. The molecule has 0 saturated carbocycles. The lowest BCUT2D eigenvalue weighted by Gasteiger charge is -2.02. The number of rotatable bonds is 2. The Kier molecular flexibility index (Phi) is 3.27. The minimum Gasteiger partial charge on any atom is -0.463 e. The molecule has 2 aromatic rings. The van der Waals surface area contributed by atoms with Crippen LogP contribution in [0.2, 0.25) is 0 Å². The van der Waals surface area contributed by atoms with Crippen molar-refractivity contribution in [3.05, 3.63) is 53.7 Å². The first-order valence-corrected chi connectivity index (χ1v) is 5.36. The second kappa shape index (κ2) is 4.86. The zero-order chi connectivity index (χ0) is 12.3. The fourth-order valence-electron chi connectivity index (χ4n) is 1.47. The maximum Gasteiger partial charge on any atom is 0.149 e. The lowest BCUT2D eigenvalue weighted by atomic mass is 10.1. The van der Waals surface area contributed by atoms with Gasteiger partial charge in [0.2, 0.25) is 0 Å². The molecule has 0 atom stereocenters. The quantitative estimate of drug-likeness (QED) is 0.758. The van der Waals surface area contributed by atoms with E-state index >= 15 is 0 Å². The lowest BCUT2D eigenvalue weighted by molar-refractivity contribution is 0.554. The zero-order valence-electron chi connectivity index (χ0n) is 9.14. The minimum absolute atomic E-state index is 0.321. The van der Waals surface area contributed by atoms with Crippen LogP contribution in [0.4, 0.5) is 0 Å². The number of nitriles is 1. The molecule has 0 saturated heterocycles. The molecule has 0 fully saturated rings. The Morgan fingerprint density at radius 2 is 2.06 bits per heavy atom. The Hall–Kier alpha value is -2.05. The fourth-order valence-corrected chi connectivity index (χ4v) is 1.82. The Morgan fingerprint density at radius 1 is 1.35 bits per heavy atom. The van der Waals surface area contributed by atoms with Crippen LogP contribution in [-0.2, 0) is 0 Å². The van der Waals surface area contributed by atoms with Gasteiger partial charge < -0.3 is 4.42 Å². The molecule has 0 N–H and O–H groups in total. The summed E-state index contributed by atoms with van der Waals surface area (Å²) in [5.74, 6) is 0.528. The van der Waals surface area contributed by atoms with Crippen molar-refractivity contribution in [2.45, 2.75) is 6.92 Å². The summed E-state index contributed by atoms with van der Waals surface area (Å²) in [7, 11) is 0. The van der Waals surface area contributed by atoms with Crippen LogP contribution >= 0.6 is 11.6 Å². The average Bonchev–Trinajstić information content (AvgIpc) is 2.77. The van der Waals surface area contributed by atoms with Crippen molar-refractivity contribution in [1.82, 2.24) is 4.98 Å². The van der Waals surface area contributed by atoms with Crippen molar-refractivity contribution in [3.63, 3.8) is 0 Å². The standard InChI is InChI=1S/C13H9ClN2O/c1-9-4-7-17-13(9)12(14)11(8-15)10-2-5-16-6-3-10/h2-7H,1H3/b12-11+. The van der Waals surface area contributed by atoms with Crippen molar-refractivity contribution < 1.29 is 4.42 Å². The number of nitrogens with zero attached hydrogens (tertiary/aromatic N) is 2. The Labute approximate surface area is 104 Å².